The van der Waals surface area contributed by atoms with Crippen LogP contribution in [0.3, 0.4) is 0 Å². The lowest BCUT2D eigenvalue weighted by atomic mass is 9.99. The molecule has 4 nitrogen and oxygen atoms in total. The summed E-state index contributed by atoms with van der Waals surface area (Å²) in [6, 6.07) is 6.44. The van der Waals surface area contributed by atoms with Crippen molar-refractivity contribution in [3.05, 3.63) is 35.6 Å². The second kappa shape index (κ2) is 7.20. The average molecular weight is 292 g/mol. The maximum atomic E-state index is 13.4. The van der Waals surface area contributed by atoms with Gasteiger partial charge in [-0.05, 0) is 36.8 Å². The zero-order chi connectivity index (χ0) is 15.2. The number of benzene rings is 1. The van der Waals surface area contributed by atoms with Gasteiger partial charge in [0.15, 0.2) is 0 Å². The maximum Gasteiger partial charge on any atom is 0.311 e. The van der Waals surface area contributed by atoms with Gasteiger partial charge in [0.2, 0.25) is 0 Å². The van der Waals surface area contributed by atoms with E-state index in [1.165, 1.54) is 6.07 Å². The molecule has 0 atom stereocenters. The molecule has 0 radical (unpaired) electrons. The molecule has 1 aliphatic heterocycles. The first kappa shape index (κ1) is 15.5. The predicted molar refractivity (Wildman–Crippen MR) is 78.1 cm³/mol. The van der Waals surface area contributed by atoms with E-state index in [4.69, 9.17) is 0 Å². The number of carbonyl (C=O) groups is 2. The van der Waals surface area contributed by atoms with Gasteiger partial charge in [-0.15, -0.1) is 0 Å². The van der Waals surface area contributed by atoms with Crippen LogP contribution in [-0.2, 0) is 16.0 Å². The number of nitrogens with zero attached hydrogens (tertiary/aromatic N) is 1. The second-order valence-electron chi connectivity index (χ2n) is 5.57. The first-order chi connectivity index (χ1) is 10.1. The molecule has 0 aromatic heterocycles. The van der Waals surface area contributed by atoms with Gasteiger partial charge in [-0.2, -0.15) is 0 Å². The molecule has 0 bridgehead atoms. The molecule has 5 heteroatoms. The van der Waals surface area contributed by atoms with Crippen LogP contribution in [0.25, 0.3) is 0 Å². The van der Waals surface area contributed by atoms with Crippen LogP contribution in [0.4, 0.5) is 4.39 Å². The number of piperidine rings is 1. The number of likely N-dealkylation sites (tertiary alicyclic amines) is 1. The molecule has 21 heavy (non-hydrogen) atoms. The van der Waals surface area contributed by atoms with Gasteiger partial charge in [0.1, 0.15) is 5.82 Å². The lowest BCUT2D eigenvalue weighted by Gasteiger charge is -2.29. The molecule has 1 aromatic rings. The molecule has 0 spiro atoms. The summed E-state index contributed by atoms with van der Waals surface area (Å²) < 4.78 is 13.4. The fraction of sp³-hybridized carbons (Fsp3) is 0.500. The lowest BCUT2D eigenvalue weighted by molar-refractivity contribution is -0.146. The van der Waals surface area contributed by atoms with Crippen LogP contribution in [-0.4, -0.2) is 36.3 Å². The van der Waals surface area contributed by atoms with Gasteiger partial charge >= 0.3 is 11.8 Å². The van der Waals surface area contributed by atoms with E-state index < -0.39 is 11.8 Å². The Morgan fingerprint density at radius 1 is 1.29 bits per heavy atom. The molecule has 0 saturated carbocycles. The highest BCUT2D eigenvalue weighted by atomic mass is 19.1. The second-order valence-corrected chi connectivity index (χ2v) is 5.57. The molecule has 1 saturated heterocycles. The van der Waals surface area contributed by atoms with Crippen molar-refractivity contribution in [2.45, 2.75) is 26.2 Å². The zero-order valence-electron chi connectivity index (χ0n) is 12.3. The van der Waals surface area contributed by atoms with Crippen molar-refractivity contribution in [1.82, 2.24) is 10.2 Å². The van der Waals surface area contributed by atoms with Gasteiger partial charge in [-0.3, -0.25) is 9.59 Å². The highest BCUT2D eigenvalue weighted by Crippen LogP contribution is 2.15. The van der Waals surface area contributed by atoms with Gasteiger partial charge in [-0.25, -0.2) is 4.39 Å². The number of hydrogen-bond donors (Lipinski definition) is 1. The van der Waals surface area contributed by atoms with E-state index >= 15 is 0 Å². The summed E-state index contributed by atoms with van der Waals surface area (Å²) in [7, 11) is 0. The Labute approximate surface area is 124 Å². The first-order valence-electron chi connectivity index (χ1n) is 7.38. The van der Waals surface area contributed by atoms with Crippen LogP contribution in [0.15, 0.2) is 24.3 Å². The normalized spacial score (nSPS) is 15.8. The molecular formula is C16H21FN2O2. The average Bonchev–Trinajstić information content (AvgIpc) is 2.49. The van der Waals surface area contributed by atoms with Crippen molar-refractivity contribution in [3.8, 4) is 0 Å². The topological polar surface area (TPSA) is 49.4 Å². The molecule has 0 aliphatic carbocycles. The third-order valence-corrected chi connectivity index (χ3v) is 3.90. The Morgan fingerprint density at radius 3 is 2.62 bits per heavy atom. The third kappa shape index (κ3) is 4.28. The van der Waals surface area contributed by atoms with Crippen molar-refractivity contribution in [2.75, 3.05) is 19.6 Å². The van der Waals surface area contributed by atoms with Gasteiger partial charge in [0, 0.05) is 19.6 Å². The molecule has 1 N–H and O–H groups in total. The predicted octanol–water partition coefficient (Wildman–Crippen LogP) is 1.74. The van der Waals surface area contributed by atoms with E-state index in [1.54, 1.807) is 23.1 Å². The summed E-state index contributed by atoms with van der Waals surface area (Å²) in [5, 5.41) is 2.57. The molecule has 1 aromatic carbocycles. The standard InChI is InChI=1S/C16H21FN2O2/c1-12-7-10-19(11-8-12)16(21)15(20)18-9-6-13-4-2-3-5-14(13)17/h2-5,12H,6-11H2,1H3,(H,18,20). The molecular weight excluding hydrogens is 271 g/mol. The van der Waals surface area contributed by atoms with E-state index in [2.05, 4.69) is 12.2 Å². The van der Waals surface area contributed by atoms with Crippen molar-refractivity contribution < 1.29 is 14.0 Å². The minimum absolute atomic E-state index is 0.260. The molecule has 2 rings (SSSR count). The lowest BCUT2D eigenvalue weighted by Crippen LogP contribution is -2.46. The Hall–Kier alpha value is -1.91. The van der Waals surface area contributed by atoms with Crippen LogP contribution >= 0.6 is 0 Å². The SMILES string of the molecule is CC1CCN(C(=O)C(=O)NCCc2ccccc2F)CC1. The fourth-order valence-electron chi connectivity index (χ4n) is 2.44. The van der Waals surface area contributed by atoms with Gasteiger partial charge in [-0.1, -0.05) is 25.1 Å². The van der Waals surface area contributed by atoms with Crippen LogP contribution in [0.2, 0.25) is 0 Å². The van der Waals surface area contributed by atoms with Crippen molar-refractivity contribution in [1.29, 1.82) is 0 Å². The van der Waals surface area contributed by atoms with Crippen LogP contribution in [0.5, 0.6) is 0 Å². The monoisotopic (exact) mass is 292 g/mol. The number of amides is 2. The summed E-state index contributed by atoms with van der Waals surface area (Å²) in [6.45, 7) is 3.69. The summed E-state index contributed by atoms with van der Waals surface area (Å²) in [4.78, 5) is 25.4. The number of hydrogen-bond acceptors (Lipinski definition) is 2. The first-order valence-corrected chi connectivity index (χ1v) is 7.38. The number of nitrogens with one attached hydrogen (secondary N) is 1. The largest absolute Gasteiger partial charge is 0.347 e. The van der Waals surface area contributed by atoms with Gasteiger partial charge in [0.25, 0.3) is 0 Å². The summed E-state index contributed by atoms with van der Waals surface area (Å²) >= 11 is 0. The molecule has 114 valence electrons. The van der Waals surface area contributed by atoms with E-state index in [-0.39, 0.29) is 12.4 Å². The fourth-order valence-corrected chi connectivity index (χ4v) is 2.44. The van der Waals surface area contributed by atoms with Crippen LogP contribution in [0, 0.1) is 11.7 Å². The Morgan fingerprint density at radius 2 is 1.95 bits per heavy atom. The summed E-state index contributed by atoms with van der Waals surface area (Å²) in [5.41, 5.74) is 0.539. The number of carbonyl (C=O) groups excluding carboxylic acids is 2. The zero-order valence-corrected chi connectivity index (χ0v) is 12.3. The number of halogens is 1. The Bertz CT molecular complexity index is 511. The summed E-state index contributed by atoms with van der Waals surface area (Å²) in [6.07, 6.45) is 2.26. The highest BCUT2D eigenvalue weighted by Gasteiger charge is 2.25. The number of rotatable bonds is 3. The van der Waals surface area contributed by atoms with Crippen LogP contribution in [0.1, 0.15) is 25.3 Å². The smallest absolute Gasteiger partial charge is 0.311 e. The molecule has 1 fully saturated rings. The van der Waals surface area contributed by atoms with Crippen molar-refractivity contribution in [3.63, 3.8) is 0 Å². The Kier molecular flexibility index (Phi) is 5.31. The summed E-state index contributed by atoms with van der Waals surface area (Å²) in [5.74, 6) is -0.752. The molecule has 0 unspecified atom stereocenters. The van der Waals surface area contributed by atoms with Gasteiger partial charge < -0.3 is 10.2 Å². The molecule has 1 aliphatic rings. The van der Waals surface area contributed by atoms with Crippen molar-refractivity contribution in [2.24, 2.45) is 5.92 Å². The molecule has 2 amide bonds. The third-order valence-electron chi connectivity index (χ3n) is 3.90. The highest BCUT2D eigenvalue weighted by molar-refractivity contribution is 6.35. The minimum Gasteiger partial charge on any atom is -0.347 e. The quantitative estimate of drug-likeness (QED) is 0.863. The maximum absolute atomic E-state index is 13.4. The van der Waals surface area contributed by atoms with Crippen molar-refractivity contribution >= 4 is 11.8 Å². The Balaban J connectivity index is 1.77. The van der Waals surface area contributed by atoms with Crippen LogP contribution < -0.4 is 5.32 Å². The van der Waals surface area contributed by atoms with E-state index in [9.17, 15) is 14.0 Å². The molecule has 1 heterocycles. The van der Waals surface area contributed by atoms with E-state index in [0.29, 0.717) is 31.0 Å². The van der Waals surface area contributed by atoms with Gasteiger partial charge in [0.05, 0.1) is 0 Å². The van der Waals surface area contributed by atoms with E-state index in [0.717, 1.165) is 12.8 Å². The van der Waals surface area contributed by atoms with E-state index in [1.807, 2.05) is 0 Å². The minimum atomic E-state index is -0.596.